The molecule has 0 saturated heterocycles. The highest BCUT2D eigenvalue weighted by molar-refractivity contribution is 8.03. The van der Waals surface area contributed by atoms with E-state index in [-0.39, 0.29) is 0 Å². The third-order valence-corrected chi connectivity index (χ3v) is 3.51. The largest absolute Gasteiger partial charge is 0.478 e. The molecule has 0 heterocycles. The summed E-state index contributed by atoms with van der Waals surface area (Å²) in [5.74, 6) is -0.866. The maximum Gasteiger partial charge on any atom is 0.336 e. The summed E-state index contributed by atoms with van der Waals surface area (Å²) in [6.45, 7) is 0. The number of carboxylic acid groups (broad SMARTS) is 1. The van der Waals surface area contributed by atoms with E-state index in [4.69, 9.17) is 5.11 Å². The van der Waals surface area contributed by atoms with Gasteiger partial charge in [-0.15, -0.1) is 0 Å². The number of hydrogen-bond donors (Lipinski definition) is 1. The Kier molecular flexibility index (Phi) is 3.47. The first-order valence-electron chi connectivity index (χ1n) is 5.13. The first-order valence-corrected chi connectivity index (χ1v) is 5.95. The Bertz CT molecular complexity index is 461. The number of benzene rings is 1. The van der Waals surface area contributed by atoms with Gasteiger partial charge in [0.1, 0.15) is 0 Å². The lowest BCUT2D eigenvalue weighted by Gasteiger charge is -2.10. The fraction of sp³-hybridized carbons (Fsp3) is 0.154. The zero-order valence-corrected chi connectivity index (χ0v) is 9.54. The van der Waals surface area contributed by atoms with E-state index in [1.165, 1.54) is 4.91 Å². The molecule has 0 saturated carbocycles. The van der Waals surface area contributed by atoms with Crippen LogP contribution in [-0.4, -0.2) is 11.1 Å². The quantitative estimate of drug-likeness (QED) is 0.863. The van der Waals surface area contributed by atoms with Crippen molar-refractivity contribution < 1.29 is 9.90 Å². The zero-order valence-electron chi connectivity index (χ0n) is 8.72. The molecule has 0 bridgehead atoms. The molecule has 1 aliphatic carbocycles. The average molecular weight is 232 g/mol. The van der Waals surface area contributed by atoms with Crippen LogP contribution in [0.25, 0.3) is 0 Å². The molecule has 1 N–H and O–H groups in total. The van der Waals surface area contributed by atoms with Crippen molar-refractivity contribution in [1.29, 1.82) is 0 Å². The van der Waals surface area contributed by atoms with Crippen LogP contribution in [0.3, 0.4) is 0 Å². The lowest BCUT2D eigenvalue weighted by Crippen LogP contribution is -1.98. The Morgan fingerprint density at radius 2 is 2.12 bits per heavy atom. The van der Waals surface area contributed by atoms with E-state index < -0.39 is 5.97 Å². The smallest absolute Gasteiger partial charge is 0.336 e. The molecule has 0 aromatic heterocycles. The van der Waals surface area contributed by atoms with Crippen molar-refractivity contribution >= 4 is 17.7 Å². The molecule has 0 spiro atoms. The van der Waals surface area contributed by atoms with Crippen LogP contribution in [0.5, 0.6) is 0 Å². The summed E-state index contributed by atoms with van der Waals surface area (Å²) in [6, 6.07) is 7.12. The lowest BCUT2D eigenvalue weighted by atomic mass is 10.2. The fourth-order valence-electron chi connectivity index (χ4n) is 1.54. The lowest BCUT2D eigenvalue weighted by molar-refractivity contribution is 0.0693. The molecule has 82 valence electrons. The van der Waals surface area contributed by atoms with Gasteiger partial charge in [-0.1, -0.05) is 42.1 Å². The van der Waals surface area contributed by atoms with Gasteiger partial charge in [0.05, 0.1) is 5.56 Å². The van der Waals surface area contributed by atoms with Gasteiger partial charge in [0.25, 0.3) is 0 Å². The second-order valence-electron chi connectivity index (χ2n) is 3.50. The molecule has 2 rings (SSSR count). The summed E-state index contributed by atoms with van der Waals surface area (Å²) in [7, 11) is 0. The predicted molar refractivity (Wildman–Crippen MR) is 65.7 cm³/mol. The van der Waals surface area contributed by atoms with Gasteiger partial charge in [-0.2, -0.15) is 0 Å². The van der Waals surface area contributed by atoms with E-state index in [1.807, 2.05) is 24.3 Å². The molecule has 3 heteroatoms. The van der Waals surface area contributed by atoms with E-state index in [0.29, 0.717) is 5.56 Å². The van der Waals surface area contributed by atoms with Gasteiger partial charge >= 0.3 is 5.97 Å². The first-order chi connectivity index (χ1) is 7.77. The van der Waals surface area contributed by atoms with Crippen molar-refractivity contribution in [2.45, 2.75) is 17.7 Å². The minimum absolute atomic E-state index is 0.378. The summed E-state index contributed by atoms with van der Waals surface area (Å²) in [5.41, 5.74) is 0.378. The van der Waals surface area contributed by atoms with Gasteiger partial charge in [-0.3, -0.25) is 0 Å². The van der Waals surface area contributed by atoms with Crippen molar-refractivity contribution in [2.24, 2.45) is 0 Å². The van der Waals surface area contributed by atoms with Crippen molar-refractivity contribution in [2.75, 3.05) is 0 Å². The standard InChI is InChI=1S/C13H12O2S/c14-13(15)11-8-4-5-9-12(11)16-10-6-2-1-3-7-10/h1-2,4-6,8-9H,3,7H2,(H,14,15). The molecule has 0 amide bonds. The molecule has 0 fully saturated rings. The normalized spacial score (nSPS) is 14.6. The Hall–Kier alpha value is -1.48. The van der Waals surface area contributed by atoms with E-state index in [0.717, 1.165) is 17.7 Å². The molecule has 16 heavy (non-hydrogen) atoms. The highest BCUT2D eigenvalue weighted by atomic mass is 32.2. The summed E-state index contributed by atoms with van der Waals surface area (Å²) in [5, 5.41) is 9.05. The molecule has 1 aromatic rings. The number of aromatic carboxylic acids is 1. The number of carbonyl (C=O) groups is 1. The van der Waals surface area contributed by atoms with Gasteiger partial charge < -0.3 is 5.11 Å². The average Bonchev–Trinajstić information content (AvgIpc) is 2.31. The fourth-order valence-corrected chi connectivity index (χ4v) is 2.60. The Morgan fingerprint density at radius 3 is 2.81 bits per heavy atom. The summed E-state index contributed by atoms with van der Waals surface area (Å²) < 4.78 is 0. The first kappa shape index (κ1) is 11.0. The van der Waals surface area contributed by atoms with Crippen molar-refractivity contribution in [3.05, 3.63) is 53.0 Å². The summed E-state index contributed by atoms with van der Waals surface area (Å²) >= 11 is 1.55. The predicted octanol–water partition coefficient (Wildman–Crippen LogP) is 3.71. The van der Waals surface area contributed by atoms with Crippen LogP contribution in [0.1, 0.15) is 23.2 Å². The van der Waals surface area contributed by atoms with E-state index in [9.17, 15) is 4.79 Å². The SMILES string of the molecule is O=C(O)c1ccccc1SC1=CC=CCC1. The van der Waals surface area contributed by atoms with E-state index >= 15 is 0 Å². The molecule has 1 aromatic carbocycles. The van der Waals surface area contributed by atoms with Crippen molar-refractivity contribution in [3.63, 3.8) is 0 Å². The zero-order chi connectivity index (χ0) is 11.4. The third-order valence-electron chi connectivity index (χ3n) is 2.33. The van der Waals surface area contributed by atoms with Crippen LogP contribution in [0, 0.1) is 0 Å². The Labute approximate surface area is 98.7 Å². The molecule has 0 aliphatic heterocycles. The maximum absolute atomic E-state index is 11.0. The van der Waals surface area contributed by atoms with Crippen molar-refractivity contribution in [3.8, 4) is 0 Å². The highest BCUT2D eigenvalue weighted by Crippen LogP contribution is 2.33. The molecule has 0 unspecified atom stereocenters. The van der Waals surface area contributed by atoms with Crippen LogP contribution >= 0.6 is 11.8 Å². The van der Waals surface area contributed by atoms with Crippen LogP contribution in [0.2, 0.25) is 0 Å². The van der Waals surface area contributed by atoms with Crippen molar-refractivity contribution in [1.82, 2.24) is 0 Å². The molecule has 0 atom stereocenters. The maximum atomic E-state index is 11.0. The number of allylic oxidation sites excluding steroid dienone is 4. The van der Waals surface area contributed by atoms with Gasteiger partial charge in [0.2, 0.25) is 0 Å². The number of rotatable bonds is 3. The minimum Gasteiger partial charge on any atom is -0.478 e. The highest BCUT2D eigenvalue weighted by Gasteiger charge is 2.11. The molecule has 0 radical (unpaired) electrons. The summed E-state index contributed by atoms with van der Waals surface area (Å²) in [6.07, 6.45) is 8.22. The van der Waals surface area contributed by atoms with Gasteiger partial charge in [0, 0.05) is 4.90 Å². The van der Waals surface area contributed by atoms with Gasteiger partial charge in [-0.25, -0.2) is 4.79 Å². The van der Waals surface area contributed by atoms with Crippen LogP contribution < -0.4 is 0 Å². The second kappa shape index (κ2) is 5.03. The monoisotopic (exact) mass is 232 g/mol. The van der Waals surface area contributed by atoms with Crippen LogP contribution in [-0.2, 0) is 0 Å². The molecular formula is C13H12O2S. The second-order valence-corrected chi connectivity index (χ2v) is 4.67. The molecular weight excluding hydrogens is 220 g/mol. The van der Waals surface area contributed by atoms with E-state index in [1.54, 1.807) is 23.9 Å². The topological polar surface area (TPSA) is 37.3 Å². The Morgan fingerprint density at radius 1 is 1.31 bits per heavy atom. The van der Waals surface area contributed by atoms with Gasteiger partial charge in [-0.05, 0) is 29.9 Å². The molecule has 2 nitrogen and oxygen atoms in total. The number of carboxylic acids is 1. The Balaban J connectivity index is 2.23. The third kappa shape index (κ3) is 2.55. The number of hydrogen-bond acceptors (Lipinski definition) is 2. The number of thioether (sulfide) groups is 1. The van der Waals surface area contributed by atoms with Crippen LogP contribution in [0.15, 0.2) is 52.3 Å². The van der Waals surface area contributed by atoms with Gasteiger partial charge in [0.15, 0.2) is 0 Å². The summed E-state index contributed by atoms with van der Waals surface area (Å²) in [4.78, 5) is 13.1. The van der Waals surface area contributed by atoms with E-state index in [2.05, 4.69) is 6.08 Å². The minimum atomic E-state index is -0.866. The molecule has 1 aliphatic rings. The van der Waals surface area contributed by atoms with Crippen LogP contribution in [0.4, 0.5) is 0 Å².